The van der Waals surface area contributed by atoms with E-state index in [1.54, 1.807) is 0 Å². The van der Waals surface area contributed by atoms with E-state index < -0.39 is 49.8 Å². The second kappa shape index (κ2) is 5.99. The predicted molar refractivity (Wildman–Crippen MR) is 61.4 cm³/mol. The number of carbonyl (C=O) groups is 1. The molecule has 0 spiro atoms. The topological polar surface area (TPSA) is 86.5 Å². The first-order valence-electron chi connectivity index (χ1n) is 4.97. The van der Waals surface area contributed by atoms with Crippen molar-refractivity contribution in [3.8, 4) is 0 Å². The molecule has 0 fully saturated rings. The molecule has 110 valence electrons. The number of benzene rings is 1. The van der Waals surface area contributed by atoms with Crippen molar-refractivity contribution in [1.82, 2.24) is 0 Å². The van der Waals surface area contributed by atoms with E-state index in [9.17, 15) is 32.3 Å². The number of alkyl halides is 3. The van der Waals surface area contributed by atoms with Crippen LogP contribution in [0.5, 0.6) is 0 Å². The van der Waals surface area contributed by atoms with Gasteiger partial charge < -0.3 is 4.74 Å². The summed E-state index contributed by atoms with van der Waals surface area (Å²) in [5, 5.41) is 10.7. The summed E-state index contributed by atoms with van der Waals surface area (Å²) in [7, 11) is -1.14. The Balaban J connectivity index is 3.24. The lowest BCUT2D eigenvalue weighted by Crippen LogP contribution is -2.14. The van der Waals surface area contributed by atoms with Gasteiger partial charge in [-0.2, -0.15) is 13.2 Å². The fourth-order valence-electron chi connectivity index (χ4n) is 1.27. The fraction of sp³-hybridized carbons (Fsp3) is 0.300. The molecule has 0 aliphatic rings. The second-order valence-corrected chi connectivity index (χ2v) is 4.92. The van der Waals surface area contributed by atoms with Crippen molar-refractivity contribution in [2.24, 2.45) is 0 Å². The molecule has 1 aromatic rings. The van der Waals surface area contributed by atoms with Crippen LogP contribution in [0.15, 0.2) is 23.1 Å². The summed E-state index contributed by atoms with van der Waals surface area (Å²) in [4.78, 5) is 20.1. The number of esters is 1. The molecule has 0 saturated carbocycles. The number of ether oxygens (including phenoxy) is 1. The van der Waals surface area contributed by atoms with Gasteiger partial charge in [-0.1, -0.05) is 0 Å². The maximum atomic E-state index is 12.5. The summed E-state index contributed by atoms with van der Waals surface area (Å²) in [5.41, 5.74) is -2.19. The largest absolute Gasteiger partial charge is 0.468 e. The number of nitro groups is 1. The number of hydrogen-bond donors (Lipinski definition) is 0. The molecule has 0 saturated heterocycles. The summed E-state index contributed by atoms with van der Waals surface area (Å²) in [6, 6.07) is 1.57. The van der Waals surface area contributed by atoms with Crippen LogP contribution in [0.2, 0.25) is 0 Å². The van der Waals surface area contributed by atoms with Gasteiger partial charge in [0.1, 0.15) is 10.6 Å². The summed E-state index contributed by atoms with van der Waals surface area (Å²) < 4.78 is 53.3. The van der Waals surface area contributed by atoms with E-state index in [-0.39, 0.29) is 6.07 Å². The Labute approximate surface area is 113 Å². The molecule has 0 bridgehead atoms. The number of nitro benzene ring substituents is 1. The molecule has 0 unspecified atom stereocenters. The molecule has 0 aliphatic carbocycles. The molecule has 20 heavy (non-hydrogen) atoms. The number of rotatable bonds is 4. The highest BCUT2D eigenvalue weighted by atomic mass is 32.2. The highest BCUT2D eigenvalue weighted by Gasteiger charge is 2.34. The van der Waals surface area contributed by atoms with Gasteiger partial charge in [-0.15, -0.1) is 0 Å². The van der Waals surface area contributed by atoms with Gasteiger partial charge in [0.05, 0.1) is 28.4 Å². The molecule has 0 N–H and O–H groups in total. The molecule has 1 aromatic carbocycles. The number of carbonyl (C=O) groups excluding carboxylic acids is 1. The summed E-state index contributed by atoms with van der Waals surface area (Å²) in [6.07, 6.45) is -4.76. The smallest absolute Gasteiger partial charge is 0.416 e. The summed E-state index contributed by atoms with van der Waals surface area (Å²) >= 11 is 0. The zero-order valence-electron chi connectivity index (χ0n) is 9.97. The number of hydrogen-bond acceptors (Lipinski definition) is 5. The molecule has 0 aliphatic heterocycles. The zero-order valence-corrected chi connectivity index (χ0v) is 10.8. The van der Waals surface area contributed by atoms with Crippen LogP contribution in [0.25, 0.3) is 0 Å². The minimum Gasteiger partial charge on any atom is -0.468 e. The molecule has 10 heteroatoms. The zero-order chi connectivity index (χ0) is 15.5. The first kappa shape index (κ1) is 16.1. The van der Waals surface area contributed by atoms with Gasteiger partial charge in [0.2, 0.25) is 0 Å². The average molecular weight is 311 g/mol. The highest BCUT2D eigenvalue weighted by molar-refractivity contribution is 7.85. The Morgan fingerprint density at radius 1 is 1.45 bits per heavy atom. The SMILES string of the molecule is COC(=O)C[S@](=O)c1ccc(C(F)(F)F)cc1[N+](=O)[O-]. The normalized spacial score (nSPS) is 12.8. The van der Waals surface area contributed by atoms with Crippen LogP contribution < -0.4 is 0 Å². The lowest BCUT2D eigenvalue weighted by atomic mass is 10.2. The van der Waals surface area contributed by atoms with E-state index in [2.05, 4.69) is 4.74 Å². The van der Waals surface area contributed by atoms with Crippen molar-refractivity contribution in [3.05, 3.63) is 33.9 Å². The lowest BCUT2D eigenvalue weighted by Gasteiger charge is -2.08. The van der Waals surface area contributed by atoms with E-state index in [1.807, 2.05) is 0 Å². The van der Waals surface area contributed by atoms with Gasteiger partial charge >= 0.3 is 12.1 Å². The summed E-state index contributed by atoms with van der Waals surface area (Å²) in [6.45, 7) is 0. The standard InChI is InChI=1S/C10H8F3NO5S/c1-19-9(15)5-20(18)8-3-2-6(10(11,12)13)4-7(8)14(16)17/h2-4H,5H2,1H3/t20-/m0/s1. The summed E-state index contributed by atoms with van der Waals surface area (Å²) in [5.74, 6) is -1.57. The third-order valence-electron chi connectivity index (χ3n) is 2.20. The van der Waals surface area contributed by atoms with Crippen molar-refractivity contribution in [1.29, 1.82) is 0 Å². The van der Waals surface area contributed by atoms with Crippen molar-refractivity contribution >= 4 is 22.5 Å². The molecule has 6 nitrogen and oxygen atoms in total. The van der Waals surface area contributed by atoms with E-state index in [0.717, 1.165) is 13.2 Å². The van der Waals surface area contributed by atoms with Gasteiger partial charge in [-0.05, 0) is 12.1 Å². The van der Waals surface area contributed by atoms with Gasteiger partial charge in [0.25, 0.3) is 5.69 Å². The third-order valence-corrected chi connectivity index (χ3v) is 3.54. The molecular weight excluding hydrogens is 303 g/mol. The highest BCUT2D eigenvalue weighted by Crippen LogP contribution is 2.34. The number of methoxy groups -OCH3 is 1. The molecule has 0 aromatic heterocycles. The Bertz CT molecular complexity index is 573. The van der Waals surface area contributed by atoms with Crippen LogP contribution in [-0.4, -0.2) is 28.0 Å². The van der Waals surface area contributed by atoms with Crippen LogP contribution in [0.4, 0.5) is 18.9 Å². The fourth-order valence-corrected chi connectivity index (χ4v) is 2.35. The van der Waals surface area contributed by atoms with Crippen LogP contribution in [0.3, 0.4) is 0 Å². The molecule has 1 atom stereocenters. The Kier molecular flexibility index (Phi) is 4.82. The Morgan fingerprint density at radius 3 is 2.50 bits per heavy atom. The monoisotopic (exact) mass is 311 g/mol. The maximum absolute atomic E-state index is 12.5. The first-order valence-corrected chi connectivity index (χ1v) is 6.29. The minimum absolute atomic E-state index is 0.282. The molecule has 1 rings (SSSR count). The predicted octanol–water partition coefficient (Wildman–Crippen LogP) is 1.89. The third kappa shape index (κ3) is 3.76. The number of halogens is 3. The molecular formula is C10H8F3NO5S. The Morgan fingerprint density at radius 2 is 2.05 bits per heavy atom. The lowest BCUT2D eigenvalue weighted by molar-refractivity contribution is -0.388. The van der Waals surface area contributed by atoms with Crippen molar-refractivity contribution < 1.29 is 31.8 Å². The van der Waals surface area contributed by atoms with Gasteiger partial charge in [-0.3, -0.25) is 19.1 Å². The van der Waals surface area contributed by atoms with E-state index in [4.69, 9.17) is 0 Å². The molecule has 0 radical (unpaired) electrons. The van der Waals surface area contributed by atoms with Crippen LogP contribution in [0.1, 0.15) is 5.56 Å². The maximum Gasteiger partial charge on any atom is 0.416 e. The second-order valence-electron chi connectivity index (χ2n) is 3.50. The van der Waals surface area contributed by atoms with Crippen molar-refractivity contribution in [2.45, 2.75) is 11.1 Å². The molecule has 0 heterocycles. The first-order chi connectivity index (χ1) is 9.16. The van der Waals surface area contributed by atoms with Crippen LogP contribution in [-0.2, 0) is 26.5 Å². The van der Waals surface area contributed by atoms with Crippen molar-refractivity contribution in [3.63, 3.8) is 0 Å². The van der Waals surface area contributed by atoms with Crippen molar-refractivity contribution in [2.75, 3.05) is 12.9 Å². The number of nitrogens with zero attached hydrogens (tertiary/aromatic N) is 1. The quantitative estimate of drug-likeness (QED) is 0.481. The van der Waals surface area contributed by atoms with Gasteiger partial charge in [0.15, 0.2) is 0 Å². The van der Waals surface area contributed by atoms with E-state index in [1.165, 1.54) is 0 Å². The van der Waals surface area contributed by atoms with Gasteiger partial charge in [-0.25, -0.2) is 0 Å². The minimum atomic E-state index is -4.76. The van der Waals surface area contributed by atoms with Crippen LogP contribution >= 0.6 is 0 Å². The van der Waals surface area contributed by atoms with Gasteiger partial charge in [0, 0.05) is 6.07 Å². The average Bonchev–Trinajstić information content (AvgIpc) is 2.36. The van der Waals surface area contributed by atoms with E-state index in [0.29, 0.717) is 6.07 Å². The molecule has 0 amide bonds. The van der Waals surface area contributed by atoms with E-state index >= 15 is 0 Å². The van der Waals surface area contributed by atoms with Crippen LogP contribution in [0, 0.1) is 10.1 Å². The Hall–Kier alpha value is -1.97.